The standard InChI is InChI=1S/C50H57N9O11/c1-28(54-45(64)36(51)22-30-13-17-33(60)18-14-30)44(63)55-38(23-29-8-3-2-4-9-29)46(65)56-39(25-32-27-53-37-11-6-5-10-35(32)37)47(66)57-40(24-31-15-19-34(61)20-16-31)49(68)59-21-7-12-42(59)48(67)58-41(50(69)70)26-43(52)62/h2-6,8-11,13-20,27-28,36,38-42,53,60-61H,7,12,21-26,51H2,1H3,(H2,52,62)(H,54,64)(H,55,63)(H,56,65)(H,57,66)(H,58,67)(H,69,70)/t28-,36+,38+,39+,40+,41+,42+/m1/s1. The molecule has 70 heavy (non-hydrogen) atoms. The Morgan fingerprint density at radius 3 is 1.81 bits per heavy atom. The average Bonchev–Trinajstić information content (AvgIpc) is 4.00. The number of amides is 7. The van der Waals surface area contributed by atoms with Gasteiger partial charge in [0, 0.05) is 42.9 Å². The van der Waals surface area contributed by atoms with Crippen LogP contribution in [0.3, 0.4) is 0 Å². The van der Waals surface area contributed by atoms with Gasteiger partial charge in [0.25, 0.3) is 0 Å². The third-order valence-electron chi connectivity index (χ3n) is 12.0. The van der Waals surface area contributed by atoms with E-state index in [-0.39, 0.29) is 50.1 Å². The van der Waals surface area contributed by atoms with Gasteiger partial charge in [-0.15, -0.1) is 0 Å². The van der Waals surface area contributed by atoms with Crippen LogP contribution in [0.2, 0.25) is 0 Å². The van der Waals surface area contributed by atoms with Crippen molar-refractivity contribution in [3.8, 4) is 11.5 Å². The fourth-order valence-electron chi connectivity index (χ4n) is 8.23. The molecule has 1 aliphatic heterocycles. The maximum Gasteiger partial charge on any atom is 0.326 e. The highest BCUT2D eigenvalue weighted by Gasteiger charge is 2.40. The highest BCUT2D eigenvalue weighted by atomic mass is 16.4. The molecule has 1 aliphatic rings. The number of hydrogen-bond donors (Lipinski definition) is 11. The van der Waals surface area contributed by atoms with Crippen molar-refractivity contribution in [2.24, 2.45) is 11.5 Å². The number of nitrogens with one attached hydrogen (secondary N) is 6. The number of aromatic hydroxyl groups is 2. The molecular weight excluding hydrogens is 903 g/mol. The zero-order chi connectivity index (χ0) is 50.5. The molecular formula is C50H57N9O11. The number of aromatic amines is 1. The van der Waals surface area contributed by atoms with Crippen molar-refractivity contribution >= 4 is 58.2 Å². The molecule has 2 heterocycles. The summed E-state index contributed by atoms with van der Waals surface area (Å²) >= 11 is 0. The summed E-state index contributed by atoms with van der Waals surface area (Å²) in [6, 6.07) is 19.0. The number of H-pyrrole nitrogens is 1. The molecule has 0 unspecified atom stereocenters. The molecule has 13 N–H and O–H groups in total. The lowest BCUT2D eigenvalue weighted by Crippen LogP contribution is -2.60. The molecule has 0 bridgehead atoms. The van der Waals surface area contributed by atoms with E-state index in [1.807, 2.05) is 18.2 Å². The predicted octanol–water partition coefficient (Wildman–Crippen LogP) is 0.572. The van der Waals surface area contributed by atoms with E-state index in [4.69, 9.17) is 11.5 Å². The van der Waals surface area contributed by atoms with Gasteiger partial charge in [-0.3, -0.25) is 33.6 Å². The van der Waals surface area contributed by atoms with Crippen molar-refractivity contribution < 1.29 is 53.7 Å². The quantitative estimate of drug-likeness (QED) is 0.0454. The van der Waals surface area contributed by atoms with Crippen molar-refractivity contribution in [1.29, 1.82) is 0 Å². The summed E-state index contributed by atoms with van der Waals surface area (Å²) in [6.45, 7) is 1.49. The lowest BCUT2D eigenvalue weighted by atomic mass is 10.00. The van der Waals surface area contributed by atoms with E-state index in [0.29, 0.717) is 28.7 Å². The number of nitrogens with two attached hydrogens (primary N) is 2. The lowest BCUT2D eigenvalue weighted by molar-refractivity contribution is -0.146. The van der Waals surface area contributed by atoms with Crippen LogP contribution < -0.4 is 38.1 Å². The normalized spacial score (nSPS) is 15.9. The monoisotopic (exact) mass is 959 g/mol. The van der Waals surface area contributed by atoms with E-state index in [1.54, 1.807) is 66.9 Å². The Morgan fingerprint density at radius 1 is 0.643 bits per heavy atom. The summed E-state index contributed by atoms with van der Waals surface area (Å²) in [7, 11) is 0. The number of primary amides is 1. The van der Waals surface area contributed by atoms with E-state index in [9.17, 15) is 53.7 Å². The van der Waals surface area contributed by atoms with Crippen LogP contribution >= 0.6 is 0 Å². The van der Waals surface area contributed by atoms with Gasteiger partial charge in [0.2, 0.25) is 41.4 Å². The molecule has 20 heteroatoms. The minimum atomic E-state index is -1.65. The second-order valence-electron chi connectivity index (χ2n) is 17.3. The Balaban J connectivity index is 1.26. The molecule has 1 fully saturated rings. The fraction of sp³-hybridized carbons (Fsp3) is 0.320. The van der Waals surface area contributed by atoms with Gasteiger partial charge in [0.05, 0.1) is 12.5 Å². The van der Waals surface area contributed by atoms with Gasteiger partial charge in [0.15, 0.2) is 0 Å². The molecule has 7 atom stereocenters. The number of phenolic OH excluding ortho intramolecular Hbond substituents is 2. The Hall–Kier alpha value is -8.26. The van der Waals surface area contributed by atoms with Gasteiger partial charge >= 0.3 is 5.97 Å². The molecule has 1 saturated heterocycles. The van der Waals surface area contributed by atoms with Crippen LogP contribution in [0.4, 0.5) is 0 Å². The summed E-state index contributed by atoms with van der Waals surface area (Å²) in [4.78, 5) is 112. The van der Waals surface area contributed by atoms with Gasteiger partial charge in [-0.1, -0.05) is 72.8 Å². The maximum atomic E-state index is 14.8. The zero-order valence-corrected chi connectivity index (χ0v) is 38.3. The Labute approximate surface area is 402 Å². The molecule has 0 spiro atoms. The summed E-state index contributed by atoms with van der Waals surface area (Å²) in [6.07, 6.45) is 1.31. The minimum absolute atomic E-state index is 0.0383. The summed E-state index contributed by atoms with van der Waals surface area (Å²) in [5.41, 5.74) is 14.6. The number of carboxylic acid groups (broad SMARTS) is 1. The van der Waals surface area contributed by atoms with E-state index < -0.39 is 96.0 Å². The second-order valence-corrected chi connectivity index (χ2v) is 17.3. The molecule has 1 aromatic heterocycles. The minimum Gasteiger partial charge on any atom is -0.508 e. The number of fused-ring (bicyclic) bond motifs is 1. The van der Waals surface area contributed by atoms with Crippen LogP contribution in [-0.4, -0.2) is 121 Å². The first-order valence-corrected chi connectivity index (χ1v) is 22.7. The van der Waals surface area contributed by atoms with Crippen molar-refractivity contribution in [3.63, 3.8) is 0 Å². The van der Waals surface area contributed by atoms with Crippen molar-refractivity contribution in [3.05, 3.63) is 132 Å². The van der Waals surface area contributed by atoms with Crippen molar-refractivity contribution in [2.75, 3.05) is 6.54 Å². The highest BCUT2D eigenvalue weighted by Crippen LogP contribution is 2.23. The van der Waals surface area contributed by atoms with Crippen LogP contribution in [0.25, 0.3) is 10.9 Å². The number of phenols is 2. The van der Waals surface area contributed by atoms with Gasteiger partial charge in [-0.05, 0) is 78.8 Å². The molecule has 7 amide bonds. The molecule has 0 aliphatic carbocycles. The molecule has 368 valence electrons. The number of benzene rings is 4. The number of para-hydroxylation sites is 1. The van der Waals surface area contributed by atoms with Gasteiger partial charge < -0.3 is 63.3 Å². The molecule has 4 aromatic carbocycles. The van der Waals surface area contributed by atoms with E-state index in [0.717, 1.165) is 10.9 Å². The first-order chi connectivity index (χ1) is 33.4. The van der Waals surface area contributed by atoms with Crippen LogP contribution in [0.5, 0.6) is 11.5 Å². The van der Waals surface area contributed by atoms with Crippen LogP contribution in [0.1, 0.15) is 48.4 Å². The average molecular weight is 960 g/mol. The number of rotatable bonds is 22. The molecule has 0 saturated carbocycles. The zero-order valence-electron chi connectivity index (χ0n) is 38.3. The lowest BCUT2D eigenvalue weighted by Gasteiger charge is -2.31. The maximum absolute atomic E-state index is 14.8. The van der Waals surface area contributed by atoms with Gasteiger partial charge in [-0.25, -0.2) is 4.79 Å². The third-order valence-corrected chi connectivity index (χ3v) is 12.0. The number of carbonyl (C=O) groups excluding carboxylic acids is 7. The Morgan fingerprint density at radius 2 is 1.19 bits per heavy atom. The van der Waals surface area contributed by atoms with Crippen LogP contribution in [-0.2, 0) is 64.0 Å². The molecule has 20 nitrogen and oxygen atoms in total. The van der Waals surface area contributed by atoms with Gasteiger partial charge in [-0.2, -0.15) is 0 Å². The number of likely N-dealkylation sites (tertiary alicyclic amines) is 1. The summed E-state index contributed by atoms with van der Waals surface area (Å²) in [5.74, 6) is -6.97. The van der Waals surface area contributed by atoms with E-state index >= 15 is 0 Å². The number of aliphatic carboxylic acids is 1. The number of hydrogen-bond acceptors (Lipinski definition) is 11. The van der Waals surface area contributed by atoms with E-state index in [1.165, 1.54) is 36.1 Å². The second kappa shape index (κ2) is 23.6. The predicted molar refractivity (Wildman–Crippen MR) is 255 cm³/mol. The molecule has 5 aromatic rings. The SMILES string of the molecule is C[C@@H](NC(=O)[C@@H](N)Cc1ccc(O)cc1)C(=O)N[C@@H](Cc1ccccc1)C(=O)N[C@@H](Cc1c[nH]c2ccccc12)C(=O)N[C@@H](Cc1ccc(O)cc1)C(=O)N1CCC[C@H]1C(=O)N[C@@H](CC(N)=O)C(=O)O. The number of aromatic nitrogens is 1. The summed E-state index contributed by atoms with van der Waals surface area (Å²) < 4.78 is 0. The molecule has 6 rings (SSSR count). The van der Waals surface area contributed by atoms with Crippen LogP contribution in [0.15, 0.2) is 109 Å². The Kier molecular flexibility index (Phi) is 17.3. The fourth-order valence-corrected chi connectivity index (χ4v) is 8.23. The first kappa shape index (κ1) is 51.1. The largest absolute Gasteiger partial charge is 0.508 e. The third kappa shape index (κ3) is 13.9. The number of carbonyl (C=O) groups is 8. The summed E-state index contributed by atoms with van der Waals surface area (Å²) in [5, 5.41) is 43.3. The molecule has 0 radical (unpaired) electrons. The van der Waals surface area contributed by atoms with Crippen molar-refractivity contribution in [2.45, 2.75) is 94.2 Å². The smallest absolute Gasteiger partial charge is 0.326 e. The van der Waals surface area contributed by atoms with E-state index in [2.05, 4.69) is 31.6 Å². The number of carboxylic acids is 1. The highest BCUT2D eigenvalue weighted by molar-refractivity contribution is 5.98. The van der Waals surface area contributed by atoms with Crippen LogP contribution in [0, 0.1) is 0 Å². The van der Waals surface area contributed by atoms with Gasteiger partial charge in [0.1, 0.15) is 47.8 Å². The first-order valence-electron chi connectivity index (χ1n) is 22.7. The number of nitrogens with zero attached hydrogens (tertiary/aromatic N) is 1. The Bertz CT molecular complexity index is 2680. The topological polar surface area (TPSA) is 328 Å². The van der Waals surface area contributed by atoms with Crippen molar-refractivity contribution in [1.82, 2.24) is 36.5 Å².